The fourth-order valence-electron chi connectivity index (χ4n) is 1.56. The minimum absolute atomic E-state index is 0.174. The van der Waals surface area contributed by atoms with E-state index in [1.807, 2.05) is 31.4 Å². The molecule has 1 N–H and O–H groups in total. The van der Waals surface area contributed by atoms with Crippen molar-refractivity contribution in [3.8, 4) is 0 Å². The Bertz CT molecular complexity index is 666. The van der Waals surface area contributed by atoms with Crippen molar-refractivity contribution >= 4 is 50.9 Å². The third kappa shape index (κ3) is 3.50. The molecule has 104 valence electrons. The van der Waals surface area contributed by atoms with Gasteiger partial charge in [-0.05, 0) is 36.9 Å². The second-order valence-corrected chi connectivity index (χ2v) is 6.06. The molecule has 0 saturated heterocycles. The minimum Gasteiger partial charge on any atom is -0.320 e. The lowest BCUT2D eigenvalue weighted by molar-refractivity contribution is 0.102. The summed E-state index contributed by atoms with van der Waals surface area (Å²) in [6, 6.07) is 5.60. The summed E-state index contributed by atoms with van der Waals surface area (Å²) < 4.78 is 0.956. The normalized spacial score (nSPS) is 10.4. The summed E-state index contributed by atoms with van der Waals surface area (Å²) in [5, 5.41) is 3.54. The Kier molecular flexibility index (Phi) is 5.01. The highest BCUT2D eigenvalue weighted by Gasteiger charge is 2.15. The van der Waals surface area contributed by atoms with Crippen LogP contribution in [0.3, 0.4) is 0 Å². The maximum Gasteiger partial charge on any atom is 0.275 e. The number of amides is 1. The molecule has 1 heterocycles. The van der Waals surface area contributed by atoms with E-state index in [-0.39, 0.29) is 16.6 Å². The summed E-state index contributed by atoms with van der Waals surface area (Å²) in [6.07, 6.45) is 3.27. The highest BCUT2D eigenvalue weighted by Crippen LogP contribution is 2.22. The standard InChI is InChI=1S/C13H11BrClN3OS/c1-7-5-8(14)3-4-10(7)17-12(19)11-9(15)6-16-13(18-11)20-2/h3-6H,1-2H3,(H,17,19). The molecule has 7 heteroatoms. The van der Waals surface area contributed by atoms with E-state index in [0.717, 1.165) is 15.7 Å². The summed E-state index contributed by atoms with van der Waals surface area (Å²) >= 11 is 10.7. The number of hydrogen-bond acceptors (Lipinski definition) is 4. The van der Waals surface area contributed by atoms with Crippen LogP contribution in [-0.4, -0.2) is 22.1 Å². The SMILES string of the molecule is CSc1ncc(Cl)c(C(=O)Nc2ccc(Br)cc2C)n1. The van der Waals surface area contributed by atoms with Crippen LogP contribution in [0.1, 0.15) is 16.1 Å². The molecular weight excluding hydrogens is 362 g/mol. The third-order valence-corrected chi connectivity index (χ3v) is 3.89. The lowest BCUT2D eigenvalue weighted by Crippen LogP contribution is -2.15. The molecule has 0 fully saturated rings. The monoisotopic (exact) mass is 371 g/mol. The van der Waals surface area contributed by atoms with E-state index in [0.29, 0.717) is 5.16 Å². The first-order valence-electron chi connectivity index (χ1n) is 5.65. The second-order valence-electron chi connectivity index (χ2n) is 3.97. The Labute approximate surface area is 134 Å². The Hall–Kier alpha value is -1.11. The van der Waals surface area contributed by atoms with E-state index in [1.165, 1.54) is 18.0 Å². The number of anilines is 1. The van der Waals surface area contributed by atoms with Crippen molar-refractivity contribution in [2.75, 3.05) is 11.6 Å². The lowest BCUT2D eigenvalue weighted by Gasteiger charge is -2.09. The van der Waals surface area contributed by atoms with Crippen LogP contribution in [0.25, 0.3) is 0 Å². The molecule has 0 aliphatic carbocycles. The molecule has 0 aliphatic rings. The van der Waals surface area contributed by atoms with Crippen LogP contribution in [0.4, 0.5) is 5.69 Å². The number of aryl methyl sites for hydroxylation is 1. The molecule has 1 aromatic carbocycles. The second kappa shape index (κ2) is 6.56. The number of hydrogen-bond donors (Lipinski definition) is 1. The number of thioether (sulfide) groups is 1. The number of carbonyl (C=O) groups excluding carboxylic acids is 1. The molecule has 2 aromatic rings. The number of halogens is 2. The average Bonchev–Trinajstić information content (AvgIpc) is 2.42. The van der Waals surface area contributed by atoms with Crippen molar-refractivity contribution in [2.45, 2.75) is 12.1 Å². The van der Waals surface area contributed by atoms with Gasteiger partial charge in [0, 0.05) is 10.2 Å². The summed E-state index contributed by atoms with van der Waals surface area (Å²) in [4.78, 5) is 20.4. The first kappa shape index (κ1) is 15.3. The number of benzene rings is 1. The van der Waals surface area contributed by atoms with E-state index < -0.39 is 0 Å². The van der Waals surface area contributed by atoms with Gasteiger partial charge >= 0.3 is 0 Å². The number of nitrogens with one attached hydrogen (secondary N) is 1. The third-order valence-electron chi connectivity index (χ3n) is 2.56. The highest BCUT2D eigenvalue weighted by molar-refractivity contribution is 9.10. The number of nitrogens with zero attached hydrogens (tertiary/aromatic N) is 2. The summed E-state index contributed by atoms with van der Waals surface area (Å²) in [7, 11) is 0. The van der Waals surface area contributed by atoms with Gasteiger partial charge in [-0.2, -0.15) is 0 Å². The zero-order valence-corrected chi connectivity index (χ0v) is 13.9. The smallest absolute Gasteiger partial charge is 0.275 e. The maximum absolute atomic E-state index is 12.2. The van der Waals surface area contributed by atoms with Gasteiger partial charge < -0.3 is 5.32 Å². The Morgan fingerprint density at radius 3 is 2.85 bits per heavy atom. The van der Waals surface area contributed by atoms with Crippen LogP contribution >= 0.6 is 39.3 Å². The summed E-state index contributed by atoms with van der Waals surface area (Å²) in [5.74, 6) is -0.349. The first-order valence-corrected chi connectivity index (χ1v) is 8.05. The molecule has 1 aromatic heterocycles. The predicted molar refractivity (Wildman–Crippen MR) is 85.7 cm³/mol. The maximum atomic E-state index is 12.2. The van der Waals surface area contributed by atoms with Gasteiger partial charge in [-0.15, -0.1) is 0 Å². The van der Waals surface area contributed by atoms with Crippen molar-refractivity contribution < 1.29 is 4.79 Å². The topological polar surface area (TPSA) is 54.9 Å². The number of aromatic nitrogens is 2. The van der Waals surface area contributed by atoms with Gasteiger partial charge in [0.1, 0.15) is 0 Å². The molecule has 0 bridgehead atoms. The molecule has 0 spiro atoms. The van der Waals surface area contributed by atoms with Gasteiger partial charge in [-0.25, -0.2) is 9.97 Å². The van der Waals surface area contributed by atoms with Crippen LogP contribution in [0.15, 0.2) is 34.0 Å². The minimum atomic E-state index is -0.349. The molecule has 0 saturated carbocycles. The van der Waals surface area contributed by atoms with Crippen LogP contribution in [0.2, 0.25) is 5.02 Å². The number of rotatable bonds is 3. The molecule has 0 atom stereocenters. The van der Waals surface area contributed by atoms with Gasteiger partial charge in [0.2, 0.25) is 0 Å². The van der Waals surface area contributed by atoms with Gasteiger partial charge in [0.25, 0.3) is 5.91 Å². The molecule has 20 heavy (non-hydrogen) atoms. The van der Waals surface area contributed by atoms with Gasteiger partial charge in [0.15, 0.2) is 10.9 Å². The van der Waals surface area contributed by atoms with Crippen molar-refractivity contribution in [1.29, 1.82) is 0 Å². The van der Waals surface area contributed by atoms with Crippen molar-refractivity contribution in [3.63, 3.8) is 0 Å². The summed E-state index contributed by atoms with van der Waals surface area (Å²) in [5.41, 5.74) is 1.84. The quantitative estimate of drug-likeness (QED) is 0.649. The van der Waals surface area contributed by atoms with E-state index in [2.05, 4.69) is 31.2 Å². The largest absolute Gasteiger partial charge is 0.320 e. The molecule has 0 unspecified atom stereocenters. The van der Waals surface area contributed by atoms with E-state index in [9.17, 15) is 4.79 Å². The Morgan fingerprint density at radius 1 is 1.45 bits per heavy atom. The van der Waals surface area contributed by atoms with E-state index >= 15 is 0 Å². The van der Waals surface area contributed by atoms with Crippen molar-refractivity contribution in [1.82, 2.24) is 9.97 Å². The van der Waals surface area contributed by atoms with Gasteiger partial charge in [0.05, 0.1) is 11.2 Å². The molecule has 1 amide bonds. The fourth-order valence-corrected chi connectivity index (χ4v) is 2.55. The molecular formula is C13H11BrClN3OS. The lowest BCUT2D eigenvalue weighted by atomic mass is 10.2. The number of carbonyl (C=O) groups is 1. The summed E-state index contributed by atoms with van der Waals surface area (Å²) in [6.45, 7) is 1.91. The van der Waals surface area contributed by atoms with Gasteiger partial charge in [-0.1, -0.05) is 39.3 Å². The highest BCUT2D eigenvalue weighted by atomic mass is 79.9. The van der Waals surface area contributed by atoms with E-state index in [1.54, 1.807) is 0 Å². The van der Waals surface area contributed by atoms with Crippen LogP contribution in [0.5, 0.6) is 0 Å². The van der Waals surface area contributed by atoms with E-state index in [4.69, 9.17) is 11.6 Å². The fraction of sp³-hybridized carbons (Fsp3) is 0.154. The van der Waals surface area contributed by atoms with Crippen LogP contribution < -0.4 is 5.32 Å². The molecule has 4 nitrogen and oxygen atoms in total. The van der Waals surface area contributed by atoms with Crippen molar-refractivity contribution in [3.05, 3.63) is 45.1 Å². The first-order chi connectivity index (χ1) is 9.51. The van der Waals surface area contributed by atoms with Crippen LogP contribution in [-0.2, 0) is 0 Å². The Balaban J connectivity index is 2.28. The zero-order chi connectivity index (χ0) is 14.7. The van der Waals surface area contributed by atoms with Gasteiger partial charge in [-0.3, -0.25) is 4.79 Å². The Morgan fingerprint density at radius 2 is 2.20 bits per heavy atom. The molecule has 0 radical (unpaired) electrons. The van der Waals surface area contributed by atoms with Crippen LogP contribution in [0, 0.1) is 6.92 Å². The molecule has 2 rings (SSSR count). The predicted octanol–water partition coefficient (Wildman–Crippen LogP) is 4.18. The zero-order valence-electron chi connectivity index (χ0n) is 10.8. The van der Waals surface area contributed by atoms with Crippen molar-refractivity contribution in [2.24, 2.45) is 0 Å². The average molecular weight is 373 g/mol. The molecule has 0 aliphatic heterocycles.